The van der Waals surface area contributed by atoms with Crippen molar-refractivity contribution in [2.45, 2.75) is 55.9 Å². The molecule has 8 heteroatoms. The molecule has 3 aromatic rings. The molecule has 1 aliphatic carbocycles. The average molecular weight is 540 g/mol. The van der Waals surface area contributed by atoms with Crippen molar-refractivity contribution in [3.05, 3.63) is 88.0 Å². The van der Waals surface area contributed by atoms with Crippen molar-refractivity contribution in [3.63, 3.8) is 0 Å². The fraction of sp³-hybridized carbons (Fsp3) is 0.346. The van der Waals surface area contributed by atoms with Gasteiger partial charge in [-0.05, 0) is 59.7 Å². The molecule has 1 aromatic heterocycles. The Labute approximate surface area is 203 Å². The number of pyridine rings is 1. The number of halogens is 6. The number of alkyl halides is 5. The summed E-state index contributed by atoms with van der Waals surface area (Å²) in [7, 11) is 0. The Morgan fingerprint density at radius 2 is 1.62 bits per heavy atom. The molecule has 0 fully saturated rings. The summed E-state index contributed by atoms with van der Waals surface area (Å²) in [6.45, 7) is 3.71. The van der Waals surface area contributed by atoms with E-state index in [1.807, 2.05) is 13.8 Å². The number of rotatable bonds is 4. The van der Waals surface area contributed by atoms with E-state index in [0.29, 0.717) is 40.9 Å². The predicted octanol–water partition coefficient (Wildman–Crippen LogP) is 8.35. The smallest absolute Gasteiger partial charge is 0.388 e. The van der Waals surface area contributed by atoms with E-state index in [1.165, 1.54) is 24.3 Å². The Bertz CT molecular complexity index is 1180. The molecule has 180 valence electrons. The minimum atomic E-state index is -4.53. The van der Waals surface area contributed by atoms with Crippen molar-refractivity contribution >= 4 is 15.9 Å². The molecule has 34 heavy (non-hydrogen) atoms. The lowest BCUT2D eigenvalue weighted by Crippen LogP contribution is -2.20. The van der Waals surface area contributed by atoms with Gasteiger partial charge in [0.2, 0.25) is 0 Å². The molecule has 1 heterocycles. The highest BCUT2D eigenvalue weighted by molar-refractivity contribution is 9.09. The number of hydrogen-bond acceptors (Lipinski definition) is 2. The Morgan fingerprint density at radius 3 is 2.18 bits per heavy atom. The van der Waals surface area contributed by atoms with Gasteiger partial charge in [0.25, 0.3) is 0 Å². The first kappa shape index (κ1) is 24.8. The van der Waals surface area contributed by atoms with E-state index in [1.54, 1.807) is 0 Å². The van der Waals surface area contributed by atoms with Gasteiger partial charge in [0.15, 0.2) is 6.17 Å². The van der Waals surface area contributed by atoms with E-state index in [4.69, 9.17) is 4.98 Å². The van der Waals surface area contributed by atoms with Crippen molar-refractivity contribution in [1.29, 1.82) is 0 Å². The van der Waals surface area contributed by atoms with Gasteiger partial charge < -0.3 is 5.11 Å². The Hall–Kier alpha value is -2.32. The fourth-order valence-electron chi connectivity index (χ4n) is 4.44. The molecule has 2 aromatic carbocycles. The van der Waals surface area contributed by atoms with Crippen molar-refractivity contribution in [2.75, 3.05) is 0 Å². The molecule has 0 amide bonds. The zero-order valence-electron chi connectivity index (χ0n) is 18.5. The number of aliphatic hydroxyl groups is 1. The molecule has 3 atom stereocenters. The van der Waals surface area contributed by atoms with Crippen LogP contribution in [0.4, 0.5) is 22.0 Å². The molecule has 2 nitrogen and oxygen atoms in total. The highest BCUT2D eigenvalue weighted by atomic mass is 79.9. The molecular weight excluding hydrogens is 517 g/mol. The maximum Gasteiger partial charge on any atom is 0.416 e. The van der Waals surface area contributed by atoms with Gasteiger partial charge in [-0.3, -0.25) is 4.98 Å². The molecule has 0 bridgehead atoms. The Balaban J connectivity index is 2.00. The van der Waals surface area contributed by atoms with Crippen LogP contribution in [0.15, 0.2) is 48.5 Å². The summed E-state index contributed by atoms with van der Waals surface area (Å²) in [5, 5.41) is 10.9. The molecule has 0 spiro atoms. The standard InChI is InChI=1S/C26H23BrF5NO/c1-13(2)24-22(23(29)15-3-7-16(8-4-15)26(30,31)32)20(14-5-9-17(28)10-6-14)21-19(34)12-11-18(27)25(21)33-24/h3-10,13,18-19,23,34H,11-12H2,1-2H3. The molecule has 0 radical (unpaired) electrons. The quantitative estimate of drug-likeness (QED) is 0.267. The summed E-state index contributed by atoms with van der Waals surface area (Å²) in [5.41, 5.74) is 1.79. The van der Waals surface area contributed by atoms with Crippen LogP contribution in [0.1, 0.15) is 83.4 Å². The van der Waals surface area contributed by atoms with Crippen molar-refractivity contribution in [3.8, 4) is 11.1 Å². The molecule has 0 saturated heterocycles. The van der Waals surface area contributed by atoms with E-state index in [-0.39, 0.29) is 21.9 Å². The van der Waals surface area contributed by atoms with Crippen LogP contribution in [0.2, 0.25) is 0 Å². The van der Waals surface area contributed by atoms with Crippen LogP contribution < -0.4 is 0 Å². The van der Waals surface area contributed by atoms with E-state index in [0.717, 1.165) is 24.3 Å². The SMILES string of the molecule is CC(C)c1nc2c(c(-c3ccc(F)cc3)c1C(F)c1ccc(C(F)(F)F)cc1)C(O)CCC2Br. The summed E-state index contributed by atoms with van der Waals surface area (Å²) in [6, 6.07) is 9.49. The zero-order chi connectivity index (χ0) is 24.8. The molecular formula is C26H23BrF5NO. The summed E-state index contributed by atoms with van der Waals surface area (Å²) < 4.78 is 69.1. The summed E-state index contributed by atoms with van der Waals surface area (Å²) in [5.74, 6) is -0.679. The zero-order valence-corrected chi connectivity index (χ0v) is 20.1. The average Bonchev–Trinajstić information content (AvgIpc) is 2.80. The van der Waals surface area contributed by atoms with Crippen LogP contribution in [0.25, 0.3) is 11.1 Å². The fourth-order valence-corrected chi connectivity index (χ4v) is 5.06. The van der Waals surface area contributed by atoms with Gasteiger partial charge in [-0.15, -0.1) is 0 Å². The van der Waals surface area contributed by atoms with Gasteiger partial charge in [-0.2, -0.15) is 13.2 Å². The second kappa shape index (κ2) is 9.38. The second-order valence-corrected chi connectivity index (χ2v) is 9.89. The van der Waals surface area contributed by atoms with Gasteiger partial charge in [0.1, 0.15) is 5.82 Å². The topological polar surface area (TPSA) is 33.1 Å². The van der Waals surface area contributed by atoms with Gasteiger partial charge in [0.05, 0.1) is 27.9 Å². The Kier molecular flexibility index (Phi) is 6.84. The number of fused-ring (bicyclic) bond motifs is 1. The minimum Gasteiger partial charge on any atom is -0.388 e. The van der Waals surface area contributed by atoms with Crippen molar-refractivity contribution in [1.82, 2.24) is 4.98 Å². The summed E-state index contributed by atoms with van der Waals surface area (Å²) in [4.78, 5) is 4.60. The summed E-state index contributed by atoms with van der Waals surface area (Å²) in [6.07, 6.45) is -6.18. The third kappa shape index (κ3) is 4.62. The Morgan fingerprint density at radius 1 is 1.00 bits per heavy atom. The highest BCUT2D eigenvalue weighted by Gasteiger charge is 2.36. The van der Waals surface area contributed by atoms with Crippen LogP contribution in [0.5, 0.6) is 0 Å². The maximum absolute atomic E-state index is 16.2. The largest absolute Gasteiger partial charge is 0.416 e. The number of aromatic nitrogens is 1. The monoisotopic (exact) mass is 539 g/mol. The van der Waals surface area contributed by atoms with E-state index >= 15 is 4.39 Å². The van der Waals surface area contributed by atoms with Crippen LogP contribution in [-0.4, -0.2) is 10.1 Å². The third-order valence-corrected chi connectivity index (χ3v) is 7.01. The number of hydrogen-bond donors (Lipinski definition) is 1. The van der Waals surface area contributed by atoms with Crippen LogP contribution in [0, 0.1) is 5.82 Å². The lowest BCUT2D eigenvalue weighted by atomic mass is 9.80. The summed E-state index contributed by atoms with van der Waals surface area (Å²) >= 11 is 3.62. The van der Waals surface area contributed by atoms with E-state index < -0.39 is 29.8 Å². The molecule has 0 aliphatic heterocycles. The lowest BCUT2D eigenvalue weighted by molar-refractivity contribution is -0.137. The third-order valence-electron chi connectivity index (χ3n) is 6.12. The molecule has 0 saturated carbocycles. The van der Waals surface area contributed by atoms with Gasteiger partial charge >= 0.3 is 6.18 Å². The lowest BCUT2D eigenvalue weighted by Gasteiger charge is -2.32. The van der Waals surface area contributed by atoms with E-state index in [9.17, 15) is 22.7 Å². The first-order valence-electron chi connectivity index (χ1n) is 11.0. The number of benzene rings is 2. The first-order valence-corrected chi connectivity index (χ1v) is 11.9. The predicted molar refractivity (Wildman–Crippen MR) is 124 cm³/mol. The highest BCUT2D eigenvalue weighted by Crippen LogP contribution is 2.49. The molecule has 1 aliphatic rings. The molecule has 3 unspecified atom stereocenters. The van der Waals surface area contributed by atoms with Crippen LogP contribution >= 0.6 is 15.9 Å². The number of nitrogens with zero attached hydrogens (tertiary/aromatic N) is 1. The number of aliphatic hydroxyl groups excluding tert-OH is 1. The maximum atomic E-state index is 16.2. The second-order valence-electron chi connectivity index (χ2n) is 8.79. The molecule has 4 rings (SSSR count). The normalized spacial score (nSPS) is 19.2. The van der Waals surface area contributed by atoms with Gasteiger partial charge in [-0.1, -0.05) is 54.0 Å². The van der Waals surface area contributed by atoms with Gasteiger partial charge in [0, 0.05) is 11.1 Å². The first-order chi connectivity index (χ1) is 16.0. The van der Waals surface area contributed by atoms with Crippen molar-refractivity contribution < 1.29 is 27.1 Å². The minimum absolute atomic E-state index is 0.0423. The van der Waals surface area contributed by atoms with E-state index in [2.05, 4.69) is 15.9 Å². The van der Waals surface area contributed by atoms with Crippen LogP contribution in [0.3, 0.4) is 0 Å². The van der Waals surface area contributed by atoms with Crippen molar-refractivity contribution in [2.24, 2.45) is 0 Å². The van der Waals surface area contributed by atoms with Crippen LogP contribution in [-0.2, 0) is 6.18 Å². The van der Waals surface area contributed by atoms with Gasteiger partial charge in [-0.25, -0.2) is 8.78 Å². The molecule has 1 N–H and O–H groups in total.